The number of aromatic nitrogens is 2. The number of benzene rings is 3. The predicted octanol–water partition coefficient (Wildman–Crippen LogP) is 5.08. The molecule has 0 aliphatic rings. The van der Waals surface area contributed by atoms with Crippen LogP contribution in [-0.4, -0.2) is 9.97 Å². The standard InChI is InChI=1S/C19H11BrN2O/c20-10-5-7-15-13(9-10)19(23)17-16(21-15)8-6-12-11-3-1-2-4-14(11)22-18(12)17/h1-9,22H,(H,21,23). The lowest BCUT2D eigenvalue weighted by atomic mass is 10.1. The fourth-order valence-corrected chi connectivity index (χ4v) is 3.71. The van der Waals surface area contributed by atoms with Crippen LogP contribution in [0.15, 0.2) is 63.9 Å². The van der Waals surface area contributed by atoms with Crippen molar-refractivity contribution in [1.29, 1.82) is 0 Å². The number of hydrogen-bond donors (Lipinski definition) is 2. The van der Waals surface area contributed by atoms with Gasteiger partial charge in [0.05, 0.1) is 16.4 Å². The van der Waals surface area contributed by atoms with E-state index in [9.17, 15) is 4.79 Å². The maximum atomic E-state index is 13.1. The topological polar surface area (TPSA) is 48.6 Å². The molecule has 0 radical (unpaired) electrons. The summed E-state index contributed by atoms with van der Waals surface area (Å²) in [4.78, 5) is 19.9. The number of para-hydroxylation sites is 1. The molecule has 0 amide bonds. The van der Waals surface area contributed by atoms with Crippen LogP contribution in [-0.2, 0) is 0 Å². The number of aromatic amines is 2. The van der Waals surface area contributed by atoms with E-state index in [1.807, 2.05) is 42.5 Å². The van der Waals surface area contributed by atoms with Gasteiger partial charge < -0.3 is 9.97 Å². The molecule has 110 valence electrons. The predicted molar refractivity (Wildman–Crippen MR) is 99.1 cm³/mol. The van der Waals surface area contributed by atoms with Gasteiger partial charge in [0.1, 0.15) is 0 Å². The SMILES string of the molecule is O=c1c2cc(Br)ccc2[nH]c2ccc3c4ccccc4[nH]c3c12. The highest BCUT2D eigenvalue weighted by Gasteiger charge is 2.12. The van der Waals surface area contributed by atoms with Crippen molar-refractivity contribution in [2.75, 3.05) is 0 Å². The lowest BCUT2D eigenvalue weighted by Crippen LogP contribution is -2.04. The molecule has 0 saturated carbocycles. The Labute approximate surface area is 139 Å². The van der Waals surface area contributed by atoms with Crippen molar-refractivity contribution < 1.29 is 0 Å². The smallest absolute Gasteiger partial charge is 0.199 e. The van der Waals surface area contributed by atoms with Crippen LogP contribution in [0.4, 0.5) is 0 Å². The average Bonchev–Trinajstić information content (AvgIpc) is 2.94. The van der Waals surface area contributed by atoms with Gasteiger partial charge >= 0.3 is 0 Å². The summed E-state index contributed by atoms with van der Waals surface area (Å²) in [5.41, 5.74) is 3.69. The summed E-state index contributed by atoms with van der Waals surface area (Å²) in [6.07, 6.45) is 0. The number of halogens is 1. The summed E-state index contributed by atoms with van der Waals surface area (Å²) in [5.74, 6) is 0. The average molecular weight is 363 g/mol. The molecule has 0 fully saturated rings. The second-order valence-electron chi connectivity index (χ2n) is 5.73. The first kappa shape index (κ1) is 12.9. The van der Waals surface area contributed by atoms with Gasteiger partial charge in [-0.25, -0.2) is 0 Å². The van der Waals surface area contributed by atoms with Gasteiger partial charge in [-0.2, -0.15) is 0 Å². The lowest BCUT2D eigenvalue weighted by Gasteiger charge is -2.04. The third-order valence-corrected chi connectivity index (χ3v) is 4.90. The van der Waals surface area contributed by atoms with Gasteiger partial charge in [0.15, 0.2) is 5.43 Å². The van der Waals surface area contributed by atoms with E-state index >= 15 is 0 Å². The molecule has 0 aliphatic heterocycles. The van der Waals surface area contributed by atoms with Gasteiger partial charge in [-0.3, -0.25) is 4.79 Å². The molecule has 2 heterocycles. The van der Waals surface area contributed by atoms with E-state index in [4.69, 9.17) is 0 Å². The molecule has 2 N–H and O–H groups in total. The second-order valence-corrected chi connectivity index (χ2v) is 6.64. The molecule has 2 aromatic heterocycles. The molecule has 0 bridgehead atoms. The fraction of sp³-hybridized carbons (Fsp3) is 0. The van der Waals surface area contributed by atoms with Crippen LogP contribution >= 0.6 is 15.9 Å². The minimum atomic E-state index is 0.0483. The summed E-state index contributed by atoms with van der Waals surface area (Å²) >= 11 is 3.45. The zero-order valence-electron chi connectivity index (χ0n) is 12.0. The largest absolute Gasteiger partial charge is 0.354 e. The quantitative estimate of drug-likeness (QED) is 0.371. The van der Waals surface area contributed by atoms with Crippen molar-refractivity contribution >= 4 is 59.5 Å². The number of H-pyrrole nitrogens is 2. The Morgan fingerprint density at radius 2 is 1.52 bits per heavy atom. The van der Waals surface area contributed by atoms with Crippen LogP contribution < -0.4 is 5.43 Å². The Bertz CT molecular complexity index is 1300. The van der Waals surface area contributed by atoms with Gasteiger partial charge in [-0.05, 0) is 30.3 Å². The van der Waals surface area contributed by atoms with E-state index in [1.54, 1.807) is 0 Å². The first-order valence-corrected chi connectivity index (χ1v) is 8.16. The van der Waals surface area contributed by atoms with Crippen molar-refractivity contribution in [3.05, 3.63) is 69.3 Å². The normalized spacial score (nSPS) is 11.9. The van der Waals surface area contributed by atoms with Gasteiger partial charge in [0.25, 0.3) is 0 Å². The van der Waals surface area contributed by atoms with Crippen LogP contribution in [0.3, 0.4) is 0 Å². The third-order valence-electron chi connectivity index (χ3n) is 4.40. The Morgan fingerprint density at radius 3 is 2.43 bits per heavy atom. The zero-order chi connectivity index (χ0) is 15.6. The number of rotatable bonds is 0. The van der Waals surface area contributed by atoms with Gasteiger partial charge in [-0.15, -0.1) is 0 Å². The van der Waals surface area contributed by atoms with Crippen molar-refractivity contribution in [3.8, 4) is 0 Å². The molecule has 4 heteroatoms. The molecular formula is C19H11BrN2O. The van der Waals surface area contributed by atoms with Crippen molar-refractivity contribution in [2.24, 2.45) is 0 Å². The molecular weight excluding hydrogens is 352 g/mol. The van der Waals surface area contributed by atoms with Crippen LogP contribution in [0.25, 0.3) is 43.6 Å². The second kappa shape index (κ2) is 4.46. The van der Waals surface area contributed by atoms with Crippen LogP contribution in [0.1, 0.15) is 0 Å². The summed E-state index contributed by atoms with van der Waals surface area (Å²) in [7, 11) is 0. The lowest BCUT2D eigenvalue weighted by molar-refractivity contribution is 1.47. The molecule has 0 saturated heterocycles. The van der Waals surface area contributed by atoms with Crippen molar-refractivity contribution in [3.63, 3.8) is 0 Å². The Morgan fingerprint density at radius 1 is 0.739 bits per heavy atom. The Balaban J connectivity index is 2.09. The molecule has 0 aliphatic carbocycles. The highest BCUT2D eigenvalue weighted by atomic mass is 79.9. The molecule has 0 atom stereocenters. The van der Waals surface area contributed by atoms with E-state index < -0.39 is 0 Å². The number of fused-ring (bicyclic) bond motifs is 6. The van der Waals surface area contributed by atoms with Gasteiger partial charge in [-0.1, -0.05) is 40.2 Å². The highest BCUT2D eigenvalue weighted by molar-refractivity contribution is 9.10. The summed E-state index contributed by atoms with van der Waals surface area (Å²) in [5, 5.41) is 3.62. The zero-order valence-corrected chi connectivity index (χ0v) is 13.6. The Hall–Kier alpha value is -2.59. The van der Waals surface area contributed by atoms with Crippen molar-refractivity contribution in [2.45, 2.75) is 0 Å². The van der Waals surface area contributed by atoms with E-state index in [0.717, 1.165) is 37.3 Å². The molecule has 23 heavy (non-hydrogen) atoms. The Kier molecular flexibility index (Phi) is 2.50. The summed E-state index contributed by atoms with van der Waals surface area (Å²) in [6, 6.07) is 17.9. The van der Waals surface area contributed by atoms with E-state index in [0.29, 0.717) is 10.8 Å². The third kappa shape index (κ3) is 1.72. The van der Waals surface area contributed by atoms with Crippen LogP contribution in [0.2, 0.25) is 0 Å². The minimum Gasteiger partial charge on any atom is -0.354 e. The first-order valence-electron chi connectivity index (χ1n) is 7.37. The number of hydrogen-bond acceptors (Lipinski definition) is 1. The molecule has 3 nitrogen and oxygen atoms in total. The van der Waals surface area contributed by atoms with E-state index in [1.165, 1.54) is 0 Å². The first-order chi connectivity index (χ1) is 11.2. The molecule has 0 unspecified atom stereocenters. The van der Waals surface area contributed by atoms with Crippen LogP contribution in [0.5, 0.6) is 0 Å². The highest BCUT2D eigenvalue weighted by Crippen LogP contribution is 2.30. The van der Waals surface area contributed by atoms with E-state index in [-0.39, 0.29) is 5.43 Å². The fourth-order valence-electron chi connectivity index (χ4n) is 3.35. The summed E-state index contributed by atoms with van der Waals surface area (Å²) < 4.78 is 0.902. The van der Waals surface area contributed by atoms with Crippen LogP contribution in [0, 0.1) is 0 Å². The van der Waals surface area contributed by atoms with Gasteiger partial charge in [0, 0.05) is 31.7 Å². The monoisotopic (exact) mass is 362 g/mol. The van der Waals surface area contributed by atoms with Gasteiger partial charge in [0.2, 0.25) is 0 Å². The molecule has 3 aromatic carbocycles. The molecule has 5 aromatic rings. The maximum absolute atomic E-state index is 13.1. The van der Waals surface area contributed by atoms with Crippen molar-refractivity contribution in [1.82, 2.24) is 9.97 Å². The molecule has 0 spiro atoms. The van der Waals surface area contributed by atoms with E-state index in [2.05, 4.69) is 38.0 Å². The maximum Gasteiger partial charge on any atom is 0.199 e. The molecule has 5 rings (SSSR count). The number of nitrogens with one attached hydrogen (secondary N) is 2. The summed E-state index contributed by atoms with van der Waals surface area (Å²) in [6.45, 7) is 0. The minimum absolute atomic E-state index is 0.0483. The number of pyridine rings is 1.